The predicted molar refractivity (Wildman–Crippen MR) is 152 cm³/mol. The van der Waals surface area contributed by atoms with E-state index in [4.69, 9.17) is 0 Å². The number of nitro groups is 1. The molecule has 0 unspecified atom stereocenters. The molecule has 0 fully saturated rings. The third kappa shape index (κ3) is 5.36. The number of nitrogens with zero attached hydrogens (tertiary/aromatic N) is 3. The molecule has 1 amide bonds. The lowest BCUT2D eigenvalue weighted by molar-refractivity contribution is -0.384. The molecular weight excluding hydrogens is 488 g/mol. The second kappa shape index (κ2) is 11.1. The van der Waals surface area contributed by atoms with Crippen LogP contribution >= 0.6 is 0 Å². The van der Waals surface area contributed by atoms with Crippen molar-refractivity contribution in [3.63, 3.8) is 0 Å². The summed E-state index contributed by atoms with van der Waals surface area (Å²) in [4.78, 5) is 23.9. The Hall–Kier alpha value is -5.74. The molecule has 1 heterocycles. The molecule has 0 aliphatic rings. The van der Waals surface area contributed by atoms with E-state index in [1.165, 1.54) is 12.1 Å². The van der Waals surface area contributed by atoms with Crippen molar-refractivity contribution in [2.24, 2.45) is 0 Å². The summed E-state index contributed by atoms with van der Waals surface area (Å²) in [5, 5.41) is 24.0. The monoisotopic (exact) mass is 510 g/mol. The SMILES string of the molecule is N#C/C(=C\c1cc(-c2ccccc2)n(-c2ccc([N+](=O)[O-])cc2)c1-c1ccccc1)C(=O)Nc1ccccc1. The number of carbonyl (C=O) groups is 1. The maximum Gasteiger partial charge on any atom is 0.269 e. The molecule has 188 valence electrons. The van der Waals surface area contributed by atoms with E-state index in [1.807, 2.05) is 83.4 Å². The number of para-hydroxylation sites is 1. The van der Waals surface area contributed by atoms with E-state index >= 15 is 0 Å². The Balaban J connectivity index is 1.73. The smallest absolute Gasteiger partial charge is 0.269 e. The number of hydrogen-bond acceptors (Lipinski definition) is 4. The van der Waals surface area contributed by atoms with Crippen LogP contribution in [0.4, 0.5) is 11.4 Å². The van der Waals surface area contributed by atoms with Crippen molar-refractivity contribution < 1.29 is 9.72 Å². The van der Waals surface area contributed by atoms with Crippen molar-refractivity contribution in [2.45, 2.75) is 0 Å². The zero-order valence-electron chi connectivity index (χ0n) is 20.7. The minimum Gasteiger partial charge on any atom is -0.321 e. The third-order valence-corrected chi connectivity index (χ3v) is 6.16. The summed E-state index contributed by atoms with van der Waals surface area (Å²) >= 11 is 0. The number of nitrogens with one attached hydrogen (secondary N) is 1. The normalized spacial score (nSPS) is 11.0. The lowest BCUT2D eigenvalue weighted by atomic mass is 10.0. The maximum absolute atomic E-state index is 13.1. The lowest BCUT2D eigenvalue weighted by Gasteiger charge is -2.15. The van der Waals surface area contributed by atoms with Gasteiger partial charge >= 0.3 is 0 Å². The van der Waals surface area contributed by atoms with Crippen molar-refractivity contribution in [3.8, 4) is 34.3 Å². The summed E-state index contributed by atoms with van der Waals surface area (Å²) in [5.41, 5.74) is 5.15. The van der Waals surface area contributed by atoms with Crippen LogP contribution in [0.25, 0.3) is 34.3 Å². The number of hydrogen-bond donors (Lipinski definition) is 1. The number of anilines is 1. The molecule has 0 spiro atoms. The number of benzene rings is 4. The Kier molecular flexibility index (Phi) is 7.10. The quantitative estimate of drug-likeness (QED) is 0.108. The molecule has 7 nitrogen and oxygen atoms in total. The van der Waals surface area contributed by atoms with Gasteiger partial charge in [0.2, 0.25) is 0 Å². The molecule has 4 aromatic carbocycles. The fraction of sp³-hybridized carbons (Fsp3) is 0. The zero-order chi connectivity index (χ0) is 27.2. The molecule has 0 atom stereocenters. The fourth-order valence-corrected chi connectivity index (χ4v) is 4.37. The van der Waals surface area contributed by atoms with E-state index in [2.05, 4.69) is 5.32 Å². The largest absolute Gasteiger partial charge is 0.321 e. The first-order valence-electron chi connectivity index (χ1n) is 12.1. The van der Waals surface area contributed by atoms with Crippen LogP contribution in [0.3, 0.4) is 0 Å². The number of nitriles is 1. The number of aromatic nitrogens is 1. The first-order valence-corrected chi connectivity index (χ1v) is 12.1. The summed E-state index contributed by atoms with van der Waals surface area (Å²) in [5.74, 6) is -0.521. The standard InChI is InChI=1S/C32H22N4O3/c33-22-26(32(37)34-27-14-8-3-9-15-27)20-25-21-30(23-10-4-1-5-11-23)35(31(25)24-12-6-2-7-13-24)28-16-18-29(19-17-28)36(38)39/h1-21H,(H,34,37)/b26-20+. The Morgan fingerprint density at radius 3 is 1.95 bits per heavy atom. The van der Waals surface area contributed by atoms with Gasteiger partial charge in [-0.2, -0.15) is 5.26 Å². The fourth-order valence-electron chi connectivity index (χ4n) is 4.37. The van der Waals surface area contributed by atoms with Gasteiger partial charge in [0.05, 0.1) is 16.3 Å². The van der Waals surface area contributed by atoms with E-state index in [1.54, 1.807) is 42.5 Å². The van der Waals surface area contributed by atoms with E-state index in [0.29, 0.717) is 16.9 Å². The van der Waals surface area contributed by atoms with Gasteiger partial charge in [0.15, 0.2) is 0 Å². The van der Waals surface area contributed by atoms with Crippen molar-refractivity contribution in [1.82, 2.24) is 4.57 Å². The van der Waals surface area contributed by atoms with E-state index < -0.39 is 10.8 Å². The first kappa shape index (κ1) is 24.9. The molecule has 5 aromatic rings. The first-order chi connectivity index (χ1) is 19.0. The zero-order valence-corrected chi connectivity index (χ0v) is 20.7. The van der Waals surface area contributed by atoms with Crippen molar-refractivity contribution in [3.05, 3.63) is 143 Å². The highest BCUT2D eigenvalue weighted by molar-refractivity contribution is 6.10. The van der Waals surface area contributed by atoms with Crippen LogP contribution in [0, 0.1) is 21.4 Å². The van der Waals surface area contributed by atoms with Crippen molar-refractivity contribution in [1.29, 1.82) is 5.26 Å². The molecule has 1 aromatic heterocycles. The van der Waals surface area contributed by atoms with Crippen LogP contribution in [0.1, 0.15) is 5.56 Å². The average molecular weight is 511 g/mol. The highest BCUT2D eigenvalue weighted by Gasteiger charge is 2.21. The molecule has 0 bridgehead atoms. The van der Waals surface area contributed by atoms with E-state index in [0.717, 1.165) is 22.5 Å². The average Bonchev–Trinajstić information content (AvgIpc) is 3.36. The van der Waals surface area contributed by atoms with E-state index in [-0.39, 0.29) is 11.3 Å². The van der Waals surface area contributed by atoms with Gasteiger partial charge in [-0.15, -0.1) is 0 Å². The second-order valence-corrected chi connectivity index (χ2v) is 8.66. The van der Waals surface area contributed by atoms with Gasteiger partial charge in [-0.25, -0.2) is 0 Å². The highest BCUT2D eigenvalue weighted by Crippen LogP contribution is 2.37. The summed E-state index contributed by atoms with van der Waals surface area (Å²) in [6.45, 7) is 0. The molecule has 7 heteroatoms. The molecule has 1 N–H and O–H groups in total. The highest BCUT2D eigenvalue weighted by atomic mass is 16.6. The van der Waals surface area contributed by atoms with Gasteiger partial charge < -0.3 is 9.88 Å². The van der Waals surface area contributed by atoms with Crippen LogP contribution < -0.4 is 5.32 Å². The van der Waals surface area contributed by atoms with Crippen LogP contribution in [-0.4, -0.2) is 15.4 Å². The molecule has 0 saturated heterocycles. The summed E-state index contributed by atoms with van der Waals surface area (Å²) in [6, 6.07) is 38.5. The van der Waals surface area contributed by atoms with Gasteiger partial charge in [0, 0.05) is 29.1 Å². The third-order valence-electron chi connectivity index (χ3n) is 6.16. The van der Waals surface area contributed by atoms with Crippen molar-refractivity contribution in [2.75, 3.05) is 5.32 Å². The molecule has 0 radical (unpaired) electrons. The predicted octanol–water partition coefficient (Wildman–Crippen LogP) is 7.27. The van der Waals surface area contributed by atoms with Gasteiger partial charge in [-0.3, -0.25) is 14.9 Å². The van der Waals surface area contributed by atoms with Gasteiger partial charge in [-0.05, 0) is 47.5 Å². The summed E-state index contributed by atoms with van der Waals surface area (Å²) in [7, 11) is 0. The number of rotatable bonds is 7. The lowest BCUT2D eigenvalue weighted by Crippen LogP contribution is -2.13. The minimum atomic E-state index is -0.521. The van der Waals surface area contributed by atoms with Gasteiger partial charge in [-0.1, -0.05) is 78.9 Å². The minimum absolute atomic E-state index is 0.0158. The van der Waals surface area contributed by atoms with Crippen LogP contribution in [0.5, 0.6) is 0 Å². The van der Waals surface area contributed by atoms with Gasteiger partial charge in [0.1, 0.15) is 11.6 Å². The van der Waals surface area contributed by atoms with Crippen LogP contribution in [-0.2, 0) is 4.79 Å². The van der Waals surface area contributed by atoms with E-state index in [9.17, 15) is 20.2 Å². The Bertz CT molecular complexity index is 1700. The van der Waals surface area contributed by atoms with Gasteiger partial charge in [0.25, 0.3) is 11.6 Å². The topological polar surface area (TPSA) is 101 Å². The molecule has 0 aliphatic carbocycles. The molecule has 0 saturated carbocycles. The number of nitro benzene ring substituents is 1. The molecule has 39 heavy (non-hydrogen) atoms. The molecular formula is C32H22N4O3. The van der Waals surface area contributed by atoms with Crippen LogP contribution in [0.15, 0.2) is 127 Å². The van der Waals surface area contributed by atoms with Crippen molar-refractivity contribution >= 4 is 23.4 Å². The molecule has 0 aliphatic heterocycles. The number of carbonyl (C=O) groups excluding carboxylic acids is 1. The second-order valence-electron chi connectivity index (χ2n) is 8.66. The molecule has 5 rings (SSSR count). The summed E-state index contributed by atoms with van der Waals surface area (Å²) in [6.07, 6.45) is 1.58. The Labute approximate surface area is 225 Å². The Morgan fingerprint density at radius 2 is 1.38 bits per heavy atom. The maximum atomic E-state index is 13.1. The number of non-ortho nitro benzene ring substituents is 1. The van der Waals surface area contributed by atoms with Crippen LogP contribution in [0.2, 0.25) is 0 Å². The summed E-state index contributed by atoms with van der Waals surface area (Å²) < 4.78 is 1.99. The number of amides is 1. The Morgan fingerprint density at radius 1 is 0.821 bits per heavy atom.